The van der Waals surface area contributed by atoms with E-state index in [1.165, 1.54) is 24.2 Å². The lowest BCUT2D eigenvalue weighted by Gasteiger charge is -2.06. The molecule has 0 aliphatic rings. The molecule has 5 nitrogen and oxygen atoms in total. The van der Waals surface area contributed by atoms with Gasteiger partial charge in [-0.15, -0.1) is 0 Å². The van der Waals surface area contributed by atoms with Crippen LogP contribution in [0.15, 0.2) is 59.6 Å². The summed E-state index contributed by atoms with van der Waals surface area (Å²) in [5.74, 6) is 0.0322. The zero-order chi connectivity index (χ0) is 21.3. The van der Waals surface area contributed by atoms with E-state index >= 15 is 0 Å². The first-order chi connectivity index (χ1) is 14.4. The molecule has 0 unspecified atom stereocenters. The molecule has 2 aromatic carbocycles. The van der Waals surface area contributed by atoms with Crippen molar-refractivity contribution in [1.82, 2.24) is 14.6 Å². The van der Waals surface area contributed by atoms with Gasteiger partial charge in [0.1, 0.15) is 11.6 Å². The largest absolute Gasteiger partial charge is 0.454 e. The number of aromatic nitrogens is 3. The zero-order valence-corrected chi connectivity index (χ0v) is 18.3. The Bertz CT molecular complexity index is 1210. The van der Waals surface area contributed by atoms with Crippen LogP contribution >= 0.6 is 11.8 Å². The lowest BCUT2D eigenvalue weighted by molar-refractivity contribution is -0.138. The summed E-state index contributed by atoms with van der Waals surface area (Å²) in [6.45, 7) is 7.61. The van der Waals surface area contributed by atoms with Gasteiger partial charge >= 0.3 is 5.97 Å². The van der Waals surface area contributed by atoms with Gasteiger partial charge in [0.05, 0.1) is 5.56 Å². The van der Waals surface area contributed by atoms with E-state index in [2.05, 4.69) is 50.2 Å². The fourth-order valence-corrected chi connectivity index (χ4v) is 3.95. The molecule has 6 heteroatoms. The van der Waals surface area contributed by atoms with Gasteiger partial charge in [0.15, 0.2) is 5.65 Å². The highest BCUT2D eigenvalue weighted by atomic mass is 32.2. The lowest BCUT2D eigenvalue weighted by atomic mass is 10.0. The summed E-state index contributed by atoms with van der Waals surface area (Å²) in [4.78, 5) is 16.7. The number of esters is 1. The third-order valence-corrected chi connectivity index (χ3v) is 5.93. The number of nitrogens with zero attached hydrogens (tertiary/aromatic N) is 3. The molecule has 0 saturated carbocycles. The molecular weight excluding hydrogens is 394 g/mol. The average Bonchev–Trinajstić information content (AvgIpc) is 3.12. The molecule has 152 valence electrons. The predicted octanol–water partition coefficient (Wildman–Crippen LogP) is 5.60. The van der Waals surface area contributed by atoms with Crippen molar-refractivity contribution in [3.05, 3.63) is 71.5 Å². The highest BCUT2D eigenvalue weighted by molar-refractivity contribution is 7.99. The standard InChI is InChI=1S/C24H23N3O2S/c1-15-5-7-19(8-6-15)22-23(26-27-17(3)16(2)13-25-24(22)27)20-9-11-21(12-10-20)30-14-29-18(4)28/h5-13H,14H2,1-4H3. The highest BCUT2D eigenvalue weighted by Gasteiger charge is 2.19. The van der Waals surface area contributed by atoms with Gasteiger partial charge in [-0.1, -0.05) is 53.7 Å². The summed E-state index contributed by atoms with van der Waals surface area (Å²) in [7, 11) is 0. The molecule has 4 aromatic rings. The summed E-state index contributed by atoms with van der Waals surface area (Å²) in [5, 5.41) is 4.94. The van der Waals surface area contributed by atoms with Gasteiger partial charge in [-0.05, 0) is 44.0 Å². The molecule has 0 saturated heterocycles. The lowest BCUT2D eigenvalue weighted by Crippen LogP contribution is -1.98. The molecule has 2 heterocycles. The number of benzene rings is 2. The van der Waals surface area contributed by atoms with Crippen molar-refractivity contribution >= 4 is 23.4 Å². The molecule has 30 heavy (non-hydrogen) atoms. The van der Waals surface area contributed by atoms with Gasteiger partial charge in [-0.2, -0.15) is 5.10 Å². The zero-order valence-electron chi connectivity index (χ0n) is 17.5. The summed E-state index contributed by atoms with van der Waals surface area (Å²) in [6.07, 6.45) is 1.91. The van der Waals surface area contributed by atoms with Crippen molar-refractivity contribution in [3.8, 4) is 22.4 Å². The van der Waals surface area contributed by atoms with Crippen LogP contribution in [0.1, 0.15) is 23.7 Å². The third-order valence-electron chi connectivity index (χ3n) is 5.09. The smallest absolute Gasteiger partial charge is 0.303 e. The minimum Gasteiger partial charge on any atom is -0.454 e. The highest BCUT2D eigenvalue weighted by Crippen LogP contribution is 2.36. The number of carbonyl (C=O) groups excluding carboxylic acids is 1. The maximum atomic E-state index is 11.0. The van der Waals surface area contributed by atoms with Crippen LogP contribution in [0.3, 0.4) is 0 Å². The Balaban J connectivity index is 1.80. The van der Waals surface area contributed by atoms with E-state index in [1.807, 2.05) is 29.8 Å². The van der Waals surface area contributed by atoms with Crippen LogP contribution in [0.2, 0.25) is 0 Å². The van der Waals surface area contributed by atoms with E-state index < -0.39 is 0 Å². The molecule has 0 bridgehead atoms. The maximum absolute atomic E-state index is 11.0. The van der Waals surface area contributed by atoms with Crippen LogP contribution in [-0.2, 0) is 9.53 Å². The fraction of sp³-hybridized carbons (Fsp3) is 0.208. The summed E-state index contributed by atoms with van der Waals surface area (Å²) < 4.78 is 6.95. The number of aryl methyl sites for hydroxylation is 3. The Kier molecular flexibility index (Phi) is 5.59. The average molecular weight is 418 g/mol. The summed E-state index contributed by atoms with van der Waals surface area (Å²) in [5.41, 5.74) is 8.28. The fourth-order valence-electron chi connectivity index (χ4n) is 3.26. The topological polar surface area (TPSA) is 56.5 Å². The van der Waals surface area contributed by atoms with Crippen LogP contribution in [0.4, 0.5) is 0 Å². The Morgan fingerprint density at radius 3 is 2.33 bits per heavy atom. The van der Waals surface area contributed by atoms with Gasteiger partial charge in [-0.3, -0.25) is 4.79 Å². The number of rotatable bonds is 5. The Labute approximate surface area is 180 Å². The van der Waals surface area contributed by atoms with E-state index in [1.54, 1.807) is 0 Å². The predicted molar refractivity (Wildman–Crippen MR) is 121 cm³/mol. The molecule has 2 aromatic heterocycles. The maximum Gasteiger partial charge on any atom is 0.303 e. The second-order valence-electron chi connectivity index (χ2n) is 7.27. The molecule has 0 amide bonds. The number of fused-ring (bicyclic) bond motifs is 1. The quantitative estimate of drug-likeness (QED) is 0.240. The first-order valence-electron chi connectivity index (χ1n) is 9.72. The Morgan fingerprint density at radius 2 is 1.67 bits per heavy atom. The first kappa shape index (κ1) is 20.2. The molecule has 0 N–H and O–H groups in total. The minimum atomic E-state index is -0.273. The van der Waals surface area contributed by atoms with Gasteiger partial charge in [0.2, 0.25) is 0 Å². The molecule has 0 fully saturated rings. The SMILES string of the molecule is CC(=O)OCSc1ccc(-c2nn3c(C)c(C)cnc3c2-c2ccc(C)cc2)cc1. The van der Waals surface area contributed by atoms with Crippen LogP contribution in [0.25, 0.3) is 28.0 Å². The second kappa shape index (κ2) is 8.32. The van der Waals surface area contributed by atoms with Crippen molar-refractivity contribution < 1.29 is 9.53 Å². The van der Waals surface area contributed by atoms with E-state index in [-0.39, 0.29) is 5.97 Å². The van der Waals surface area contributed by atoms with Gasteiger partial charge < -0.3 is 4.74 Å². The molecule has 0 radical (unpaired) electrons. The van der Waals surface area contributed by atoms with E-state index in [9.17, 15) is 4.79 Å². The molecule has 0 spiro atoms. The van der Waals surface area contributed by atoms with Crippen LogP contribution in [0, 0.1) is 20.8 Å². The normalized spacial score (nSPS) is 11.1. The van der Waals surface area contributed by atoms with Gasteiger partial charge in [-0.25, -0.2) is 9.50 Å². The first-order valence-corrected chi connectivity index (χ1v) is 10.7. The Morgan fingerprint density at radius 1 is 1.00 bits per heavy atom. The molecule has 0 atom stereocenters. The van der Waals surface area contributed by atoms with Crippen molar-refractivity contribution in [2.24, 2.45) is 0 Å². The van der Waals surface area contributed by atoms with E-state index in [0.29, 0.717) is 5.94 Å². The monoisotopic (exact) mass is 417 g/mol. The number of hydrogen-bond acceptors (Lipinski definition) is 5. The third kappa shape index (κ3) is 3.96. The molecular formula is C24H23N3O2S. The number of thioether (sulfide) groups is 1. The van der Waals surface area contributed by atoms with E-state index in [4.69, 9.17) is 14.8 Å². The minimum absolute atomic E-state index is 0.273. The van der Waals surface area contributed by atoms with Crippen molar-refractivity contribution in [1.29, 1.82) is 0 Å². The Hall–Kier alpha value is -3.12. The van der Waals surface area contributed by atoms with E-state index in [0.717, 1.165) is 44.2 Å². The van der Waals surface area contributed by atoms with Crippen LogP contribution in [0.5, 0.6) is 0 Å². The van der Waals surface area contributed by atoms with Crippen LogP contribution < -0.4 is 0 Å². The molecule has 4 rings (SSSR count). The van der Waals surface area contributed by atoms with Gasteiger partial charge in [0, 0.05) is 29.3 Å². The summed E-state index contributed by atoms with van der Waals surface area (Å²) >= 11 is 1.48. The van der Waals surface area contributed by atoms with Crippen molar-refractivity contribution in [3.63, 3.8) is 0 Å². The molecule has 0 aliphatic carbocycles. The van der Waals surface area contributed by atoms with Crippen LogP contribution in [-0.4, -0.2) is 26.5 Å². The van der Waals surface area contributed by atoms with Gasteiger partial charge in [0.25, 0.3) is 0 Å². The second-order valence-corrected chi connectivity index (χ2v) is 8.27. The van der Waals surface area contributed by atoms with Crippen molar-refractivity contribution in [2.45, 2.75) is 32.6 Å². The number of hydrogen-bond donors (Lipinski definition) is 0. The molecule has 0 aliphatic heterocycles. The number of ether oxygens (including phenoxy) is 1. The summed E-state index contributed by atoms with van der Waals surface area (Å²) in [6, 6.07) is 16.6. The van der Waals surface area contributed by atoms with Crippen molar-refractivity contribution in [2.75, 3.05) is 5.94 Å². The number of carbonyl (C=O) groups is 1.